The summed E-state index contributed by atoms with van der Waals surface area (Å²) in [5.74, 6) is 0.838. The largest absolute Gasteiger partial charge is 0.389 e. The summed E-state index contributed by atoms with van der Waals surface area (Å²) in [6.07, 6.45) is -2.16. The summed E-state index contributed by atoms with van der Waals surface area (Å²) < 4.78 is 38.8. The fourth-order valence-corrected chi connectivity index (χ4v) is 2.67. The van der Waals surface area contributed by atoms with E-state index in [0.29, 0.717) is 17.3 Å². The standard InChI is InChI=1S/C12H13F3N4S/c13-12(14,15)5-4-10-17-11(9-6-20-7-16-9)18-19(10)8-2-1-3-8/h6-8H,1-5H2. The van der Waals surface area contributed by atoms with Crippen LogP contribution >= 0.6 is 11.3 Å². The van der Waals surface area contributed by atoms with Gasteiger partial charge >= 0.3 is 6.18 Å². The molecule has 0 radical (unpaired) electrons. The van der Waals surface area contributed by atoms with Gasteiger partial charge in [-0.1, -0.05) is 0 Å². The fourth-order valence-electron chi connectivity index (χ4n) is 2.13. The lowest BCUT2D eigenvalue weighted by Crippen LogP contribution is -2.21. The molecule has 8 heteroatoms. The first-order valence-electron chi connectivity index (χ1n) is 6.44. The Labute approximate surface area is 117 Å². The molecule has 0 atom stereocenters. The van der Waals surface area contributed by atoms with Gasteiger partial charge in [-0.05, 0) is 19.3 Å². The van der Waals surface area contributed by atoms with Crippen LogP contribution in [0, 0.1) is 0 Å². The zero-order valence-electron chi connectivity index (χ0n) is 10.6. The van der Waals surface area contributed by atoms with Crippen LogP contribution in [0.25, 0.3) is 11.5 Å². The zero-order chi connectivity index (χ0) is 14.2. The van der Waals surface area contributed by atoms with Gasteiger partial charge in [-0.15, -0.1) is 16.4 Å². The molecule has 0 spiro atoms. The Morgan fingerprint density at radius 3 is 2.70 bits per heavy atom. The molecule has 0 bridgehead atoms. The van der Waals surface area contributed by atoms with Crippen LogP contribution in [0.2, 0.25) is 0 Å². The number of rotatable bonds is 4. The molecule has 1 aliphatic rings. The van der Waals surface area contributed by atoms with Crippen molar-refractivity contribution in [3.05, 3.63) is 16.7 Å². The Balaban J connectivity index is 1.86. The third-order valence-corrected chi connectivity index (χ3v) is 4.00. The Hall–Kier alpha value is -1.44. The Morgan fingerprint density at radius 2 is 2.15 bits per heavy atom. The number of aryl methyl sites for hydroxylation is 1. The molecule has 0 N–H and O–H groups in total. The van der Waals surface area contributed by atoms with Gasteiger partial charge in [-0.2, -0.15) is 13.2 Å². The van der Waals surface area contributed by atoms with Crippen LogP contribution in [0.15, 0.2) is 10.9 Å². The monoisotopic (exact) mass is 302 g/mol. The molecule has 108 valence electrons. The number of alkyl halides is 3. The van der Waals surface area contributed by atoms with E-state index in [1.54, 1.807) is 15.6 Å². The van der Waals surface area contributed by atoms with E-state index >= 15 is 0 Å². The minimum absolute atomic E-state index is 0.128. The van der Waals surface area contributed by atoms with Gasteiger partial charge in [0.05, 0.1) is 18.0 Å². The van der Waals surface area contributed by atoms with Gasteiger partial charge in [-0.25, -0.2) is 14.6 Å². The van der Waals surface area contributed by atoms with E-state index in [1.807, 2.05) is 0 Å². The highest BCUT2D eigenvalue weighted by Gasteiger charge is 2.30. The molecular formula is C12H13F3N4S. The number of aromatic nitrogens is 4. The molecule has 3 rings (SSSR count). The van der Waals surface area contributed by atoms with Crippen molar-refractivity contribution >= 4 is 11.3 Å². The molecule has 4 nitrogen and oxygen atoms in total. The lowest BCUT2D eigenvalue weighted by Gasteiger charge is -2.26. The highest BCUT2D eigenvalue weighted by Crippen LogP contribution is 2.33. The zero-order valence-corrected chi connectivity index (χ0v) is 11.4. The number of halogens is 3. The Kier molecular flexibility index (Phi) is 3.49. The van der Waals surface area contributed by atoms with E-state index < -0.39 is 12.6 Å². The predicted octanol–water partition coefficient (Wildman–Crippen LogP) is 3.62. The van der Waals surface area contributed by atoms with Gasteiger partial charge in [-0.3, -0.25) is 0 Å². The highest BCUT2D eigenvalue weighted by atomic mass is 32.1. The smallest absolute Gasteiger partial charge is 0.246 e. The second kappa shape index (κ2) is 5.16. The minimum Gasteiger partial charge on any atom is -0.246 e. The maximum Gasteiger partial charge on any atom is 0.389 e. The van der Waals surface area contributed by atoms with Gasteiger partial charge < -0.3 is 0 Å². The third kappa shape index (κ3) is 2.84. The molecule has 1 fully saturated rings. The number of hydrogen-bond acceptors (Lipinski definition) is 4. The van der Waals surface area contributed by atoms with Gasteiger partial charge in [0.1, 0.15) is 11.5 Å². The highest BCUT2D eigenvalue weighted by molar-refractivity contribution is 7.07. The fraction of sp³-hybridized carbons (Fsp3) is 0.583. The SMILES string of the molecule is FC(F)(F)CCc1nc(-c2cscn2)nn1C1CCC1. The molecule has 0 unspecified atom stereocenters. The molecular weight excluding hydrogens is 289 g/mol. The van der Waals surface area contributed by atoms with Crippen LogP contribution in [0.1, 0.15) is 37.5 Å². The van der Waals surface area contributed by atoms with Crippen molar-refractivity contribution in [3.8, 4) is 11.5 Å². The molecule has 2 aromatic rings. The van der Waals surface area contributed by atoms with Crippen molar-refractivity contribution in [1.82, 2.24) is 19.7 Å². The van der Waals surface area contributed by atoms with Gasteiger partial charge in [0, 0.05) is 11.8 Å². The van der Waals surface area contributed by atoms with Gasteiger partial charge in [0.25, 0.3) is 0 Å². The van der Waals surface area contributed by atoms with E-state index in [4.69, 9.17) is 0 Å². The Morgan fingerprint density at radius 1 is 1.35 bits per heavy atom. The quantitative estimate of drug-likeness (QED) is 0.866. The lowest BCUT2D eigenvalue weighted by molar-refractivity contribution is -0.134. The predicted molar refractivity (Wildman–Crippen MR) is 68.4 cm³/mol. The van der Waals surface area contributed by atoms with Crippen LogP contribution in [-0.2, 0) is 6.42 Å². The molecule has 0 aliphatic heterocycles. The van der Waals surface area contributed by atoms with Crippen molar-refractivity contribution in [3.63, 3.8) is 0 Å². The van der Waals surface area contributed by atoms with Crippen LogP contribution < -0.4 is 0 Å². The van der Waals surface area contributed by atoms with Crippen LogP contribution in [0.5, 0.6) is 0 Å². The van der Waals surface area contributed by atoms with Crippen molar-refractivity contribution in [2.75, 3.05) is 0 Å². The second-order valence-electron chi connectivity index (χ2n) is 4.87. The topological polar surface area (TPSA) is 43.6 Å². The number of nitrogens with zero attached hydrogens (tertiary/aromatic N) is 4. The summed E-state index contributed by atoms with van der Waals surface area (Å²) in [5, 5.41) is 6.16. The molecule has 0 saturated heterocycles. The molecule has 1 aliphatic carbocycles. The summed E-state index contributed by atoms with van der Waals surface area (Å²) in [6.45, 7) is 0. The van der Waals surface area contributed by atoms with E-state index in [0.717, 1.165) is 19.3 Å². The van der Waals surface area contributed by atoms with E-state index in [9.17, 15) is 13.2 Å². The van der Waals surface area contributed by atoms with Gasteiger partial charge in [0.2, 0.25) is 5.82 Å². The lowest BCUT2D eigenvalue weighted by atomic mass is 9.93. The summed E-state index contributed by atoms with van der Waals surface area (Å²) in [7, 11) is 0. The summed E-state index contributed by atoms with van der Waals surface area (Å²) >= 11 is 1.41. The first-order valence-corrected chi connectivity index (χ1v) is 7.38. The molecule has 20 heavy (non-hydrogen) atoms. The number of thiazole rings is 1. The average Bonchev–Trinajstić information content (AvgIpc) is 2.90. The Bertz CT molecular complexity index is 572. The first-order chi connectivity index (χ1) is 9.53. The molecule has 2 heterocycles. The van der Waals surface area contributed by atoms with Crippen molar-refractivity contribution < 1.29 is 13.2 Å². The van der Waals surface area contributed by atoms with Crippen LogP contribution in [0.4, 0.5) is 13.2 Å². The van der Waals surface area contributed by atoms with Crippen molar-refractivity contribution in [1.29, 1.82) is 0 Å². The van der Waals surface area contributed by atoms with Crippen molar-refractivity contribution in [2.45, 2.75) is 44.3 Å². The first kappa shape index (κ1) is 13.5. The summed E-state index contributed by atoms with van der Waals surface area (Å²) in [6, 6.07) is 0.193. The van der Waals surface area contributed by atoms with E-state index in [-0.39, 0.29) is 12.5 Å². The maximum absolute atomic E-state index is 12.4. The second-order valence-corrected chi connectivity index (χ2v) is 5.59. The number of hydrogen-bond donors (Lipinski definition) is 0. The summed E-state index contributed by atoms with van der Waals surface area (Å²) in [5.41, 5.74) is 2.29. The molecule has 1 saturated carbocycles. The van der Waals surface area contributed by atoms with E-state index in [2.05, 4.69) is 15.1 Å². The normalized spacial score (nSPS) is 16.4. The molecule has 0 amide bonds. The average molecular weight is 302 g/mol. The minimum atomic E-state index is -4.17. The molecule has 0 aromatic carbocycles. The van der Waals surface area contributed by atoms with Crippen LogP contribution in [0.3, 0.4) is 0 Å². The van der Waals surface area contributed by atoms with Crippen LogP contribution in [-0.4, -0.2) is 25.9 Å². The molecule has 2 aromatic heterocycles. The van der Waals surface area contributed by atoms with Crippen molar-refractivity contribution in [2.24, 2.45) is 0 Å². The maximum atomic E-state index is 12.4. The van der Waals surface area contributed by atoms with E-state index in [1.165, 1.54) is 11.3 Å². The third-order valence-electron chi connectivity index (χ3n) is 3.42. The summed E-state index contributed by atoms with van der Waals surface area (Å²) in [4.78, 5) is 8.37. The van der Waals surface area contributed by atoms with Gasteiger partial charge in [0.15, 0.2) is 0 Å².